The molecule has 5 nitrogen and oxygen atoms in total. The molecule has 0 bridgehead atoms. The van der Waals surface area contributed by atoms with Crippen LogP contribution in [0.4, 0.5) is 0 Å². The maximum Gasteiger partial charge on any atom is 0.267 e. The largest absolute Gasteiger partial charge is 0.379 e. The summed E-state index contributed by atoms with van der Waals surface area (Å²) in [6.07, 6.45) is 24.4. The van der Waals surface area contributed by atoms with Crippen LogP contribution in [0.5, 0.6) is 0 Å². The third kappa shape index (κ3) is 26.3. The standard InChI is InChI=1S/C27H56O5S/c1-4-27(2)32-25-24-31-23-21-19-17-15-13-11-9-7-5-6-8-10-12-14-16-18-20-22-26-33(28,29)30-3/h27H,4-26H2,1-3H3. The van der Waals surface area contributed by atoms with E-state index in [0.717, 1.165) is 45.5 Å². The molecule has 0 aliphatic heterocycles. The van der Waals surface area contributed by atoms with Gasteiger partial charge in [-0.3, -0.25) is 4.18 Å². The molecule has 200 valence electrons. The van der Waals surface area contributed by atoms with Crippen LogP contribution in [0.1, 0.15) is 136 Å². The van der Waals surface area contributed by atoms with Gasteiger partial charge in [-0.05, 0) is 26.2 Å². The number of rotatable bonds is 27. The first kappa shape index (κ1) is 32.8. The van der Waals surface area contributed by atoms with Gasteiger partial charge in [-0.25, -0.2) is 0 Å². The van der Waals surface area contributed by atoms with E-state index < -0.39 is 10.1 Å². The van der Waals surface area contributed by atoms with E-state index in [2.05, 4.69) is 18.0 Å². The lowest BCUT2D eigenvalue weighted by Gasteiger charge is -2.10. The molecular weight excluding hydrogens is 436 g/mol. The van der Waals surface area contributed by atoms with Gasteiger partial charge in [-0.15, -0.1) is 0 Å². The van der Waals surface area contributed by atoms with Crippen molar-refractivity contribution in [3.8, 4) is 0 Å². The summed E-state index contributed by atoms with van der Waals surface area (Å²) in [5, 5.41) is 0. The van der Waals surface area contributed by atoms with E-state index in [4.69, 9.17) is 9.47 Å². The third-order valence-corrected chi connectivity index (χ3v) is 7.69. The van der Waals surface area contributed by atoms with Crippen molar-refractivity contribution in [2.45, 2.75) is 142 Å². The Balaban J connectivity index is 3.09. The summed E-state index contributed by atoms with van der Waals surface area (Å²) >= 11 is 0. The van der Waals surface area contributed by atoms with Crippen LogP contribution < -0.4 is 0 Å². The zero-order valence-electron chi connectivity index (χ0n) is 22.3. The molecule has 33 heavy (non-hydrogen) atoms. The summed E-state index contributed by atoms with van der Waals surface area (Å²) in [7, 11) is -2.02. The molecule has 1 unspecified atom stereocenters. The van der Waals surface area contributed by atoms with Crippen molar-refractivity contribution in [2.75, 3.05) is 32.7 Å². The average molecular weight is 493 g/mol. The van der Waals surface area contributed by atoms with Crippen molar-refractivity contribution >= 4 is 10.1 Å². The molecule has 0 saturated carbocycles. The van der Waals surface area contributed by atoms with Crippen molar-refractivity contribution in [1.82, 2.24) is 0 Å². The van der Waals surface area contributed by atoms with Crippen LogP contribution >= 0.6 is 0 Å². The van der Waals surface area contributed by atoms with E-state index in [1.165, 1.54) is 103 Å². The summed E-state index contributed by atoms with van der Waals surface area (Å²) in [5.41, 5.74) is 0. The first-order valence-corrected chi connectivity index (χ1v) is 15.6. The second kappa shape index (κ2) is 24.9. The Hall–Kier alpha value is -0.170. The fourth-order valence-electron chi connectivity index (χ4n) is 3.92. The summed E-state index contributed by atoms with van der Waals surface area (Å²) in [5.74, 6) is 0.161. The Morgan fingerprint density at radius 2 is 0.970 bits per heavy atom. The van der Waals surface area contributed by atoms with E-state index in [9.17, 15) is 8.42 Å². The molecule has 0 aromatic carbocycles. The highest BCUT2D eigenvalue weighted by Crippen LogP contribution is 2.14. The predicted molar refractivity (Wildman–Crippen MR) is 140 cm³/mol. The molecule has 0 saturated heterocycles. The smallest absolute Gasteiger partial charge is 0.267 e. The van der Waals surface area contributed by atoms with Gasteiger partial charge < -0.3 is 9.47 Å². The Labute approximate surface area is 206 Å². The summed E-state index contributed by atoms with van der Waals surface area (Å²) < 4.78 is 38.1. The summed E-state index contributed by atoms with van der Waals surface area (Å²) in [4.78, 5) is 0. The molecule has 0 aromatic rings. The lowest BCUT2D eigenvalue weighted by molar-refractivity contribution is 0.0103. The van der Waals surface area contributed by atoms with Crippen molar-refractivity contribution in [2.24, 2.45) is 0 Å². The second-order valence-electron chi connectivity index (χ2n) is 9.49. The van der Waals surface area contributed by atoms with Crippen LogP contribution in [0.15, 0.2) is 0 Å². The predicted octanol–water partition coefficient (Wildman–Crippen LogP) is 7.82. The molecule has 0 rings (SSSR count). The van der Waals surface area contributed by atoms with Crippen molar-refractivity contribution in [3.63, 3.8) is 0 Å². The van der Waals surface area contributed by atoms with E-state index in [0.29, 0.717) is 6.10 Å². The van der Waals surface area contributed by atoms with E-state index in [-0.39, 0.29) is 5.75 Å². The van der Waals surface area contributed by atoms with Gasteiger partial charge in [0.25, 0.3) is 10.1 Å². The van der Waals surface area contributed by atoms with Crippen LogP contribution in [0.2, 0.25) is 0 Å². The topological polar surface area (TPSA) is 61.8 Å². The fourth-order valence-corrected chi connectivity index (χ4v) is 4.65. The number of hydrogen-bond donors (Lipinski definition) is 0. The number of ether oxygens (including phenoxy) is 2. The number of unbranched alkanes of at least 4 members (excludes halogenated alkanes) is 17. The van der Waals surface area contributed by atoms with Crippen molar-refractivity contribution in [1.29, 1.82) is 0 Å². The van der Waals surface area contributed by atoms with Gasteiger partial charge >= 0.3 is 0 Å². The molecule has 0 aliphatic carbocycles. The first-order valence-electron chi connectivity index (χ1n) is 14.0. The first-order chi connectivity index (χ1) is 16.0. The molecule has 0 spiro atoms. The lowest BCUT2D eigenvalue weighted by atomic mass is 10.0. The maximum absolute atomic E-state index is 11.2. The van der Waals surface area contributed by atoms with Gasteiger partial charge in [-0.1, -0.05) is 110 Å². The molecule has 0 amide bonds. The van der Waals surface area contributed by atoms with E-state index in [1.807, 2.05) is 0 Å². The van der Waals surface area contributed by atoms with Crippen molar-refractivity contribution < 1.29 is 22.1 Å². The van der Waals surface area contributed by atoms with Crippen molar-refractivity contribution in [3.05, 3.63) is 0 Å². The highest BCUT2D eigenvalue weighted by Gasteiger charge is 2.06. The Kier molecular flexibility index (Phi) is 24.8. The molecule has 0 fully saturated rings. The third-order valence-electron chi connectivity index (χ3n) is 6.39. The Morgan fingerprint density at radius 3 is 1.36 bits per heavy atom. The van der Waals surface area contributed by atoms with Crippen LogP contribution in [-0.4, -0.2) is 47.2 Å². The van der Waals surface area contributed by atoms with Crippen LogP contribution in [0.25, 0.3) is 0 Å². The minimum absolute atomic E-state index is 0.161. The molecule has 0 N–H and O–H groups in total. The molecule has 0 heterocycles. The SMILES string of the molecule is CCC(C)OCCOCCCCCCCCCCCCCCCCCCCCS(=O)(=O)OC. The van der Waals surface area contributed by atoms with Gasteiger partial charge in [0.15, 0.2) is 0 Å². The summed E-state index contributed by atoms with van der Waals surface area (Å²) in [6.45, 7) is 6.59. The van der Waals surface area contributed by atoms with Gasteiger partial charge in [-0.2, -0.15) is 8.42 Å². The summed E-state index contributed by atoms with van der Waals surface area (Å²) in [6, 6.07) is 0. The Bertz CT molecular complexity index is 481. The Morgan fingerprint density at radius 1 is 0.576 bits per heavy atom. The minimum Gasteiger partial charge on any atom is -0.379 e. The van der Waals surface area contributed by atoms with Gasteiger partial charge in [0.2, 0.25) is 0 Å². The van der Waals surface area contributed by atoms with E-state index in [1.54, 1.807) is 0 Å². The monoisotopic (exact) mass is 492 g/mol. The molecule has 0 radical (unpaired) electrons. The second-order valence-corrected chi connectivity index (χ2v) is 11.4. The zero-order chi connectivity index (χ0) is 24.5. The van der Waals surface area contributed by atoms with Gasteiger partial charge in [0.1, 0.15) is 0 Å². The van der Waals surface area contributed by atoms with Gasteiger partial charge in [0.05, 0.1) is 32.2 Å². The number of hydrogen-bond acceptors (Lipinski definition) is 5. The molecule has 0 aliphatic rings. The van der Waals surface area contributed by atoms with E-state index >= 15 is 0 Å². The molecule has 1 atom stereocenters. The molecule has 6 heteroatoms. The zero-order valence-corrected chi connectivity index (χ0v) is 23.1. The average Bonchev–Trinajstić information content (AvgIpc) is 2.81. The maximum atomic E-state index is 11.2. The normalized spacial score (nSPS) is 12.9. The van der Waals surface area contributed by atoms with Crippen LogP contribution in [0, 0.1) is 0 Å². The highest BCUT2D eigenvalue weighted by atomic mass is 32.2. The quantitative estimate of drug-likeness (QED) is 0.0864. The van der Waals surface area contributed by atoms with Crippen LogP contribution in [0.3, 0.4) is 0 Å². The fraction of sp³-hybridized carbons (Fsp3) is 1.00. The lowest BCUT2D eigenvalue weighted by Crippen LogP contribution is -2.12. The van der Waals surface area contributed by atoms with Crippen LogP contribution in [-0.2, 0) is 23.8 Å². The minimum atomic E-state index is -3.26. The molecule has 0 aromatic heterocycles. The molecular formula is C27H56O5S. The van der Waals surface area contributed by atoms with Gasteiger partial charge in [0, 0.05) is 6.61 Å². The highest BCUT2D eigenvalue weighted by molar-refractivity contribution is 7.86.